The van der Waals surface area contributed by atoms with Gasteiger partial charge in [-0.15, -0.1) is 0 Å². The first-order valence-corrected chi connectivity index (χ1v) is 4.95. The number of carbonyl (C=O) groups is 1. The summed E-state index contributed by atoms with van der Waals surface area (Å²) in [4.78, 5) is 10.2. The first-order valence-electron chi connectivity index (χ1n) is 4.95. The number of hydrazine groups is 1. The fraction of sp³-hybridized carbons (Fsp3) is 0.889. The number of nitrogens with one attached hydrogen (secondary N) is 2. The quantitative estimate of drug-likeness (QED) is 0.423. The van der Waals surface area contributed by atoms with Crippen LogP contribution in [0, 0.1) is 0 Å². The van der Waals surface area contributed by atoms with Crippen LogP contribution in [0.3, 0.4) is 0 Å². The Morgan fingerprint density at radius 1 is 1.38 bits per heavy atom. The Kier molecular flexibility index (Phi) is 7.39. The molecule has 0 fully saturated rings. The molecule has 1 atom stereocenters. The zero-order valence-electron chi connectivity index (χ0n) is 8.47. The van der Waals surface area contributed by atoms with Gasteiger partial charge in [-0.05, 0) is 12.8 Å². The van der Waals surface area contributed by atoms with Crippen LogP contribution in [0.2, 0.25) is 0 Å². The molecular weight excluding hydrogens is 168 g/mol. The van der Waals surface area contributed by atoms with E-state index in [0.717, 1.165) is 19.3 Å². The average molecular weight is 188 g/mol. The van der Waals surface area contributed by atoms with E-state index in [1.54, 1.807) is 0 Å². The monoisotopic (exact) mass is 188 g/mol. The minimum Gasteiger partial charge on any atom is -0.464 e. The van der Waals surface area contributed by atoms with E-state index in [4.69, 9.17) is 5.11 Å². The van der Waals surface area contributed by atoms with Gasteiger partial charge in [0.2, 0.25) is 0 Å². The zero-order valence-corrected chi connectivity index (χ0v) is 8.47. The molecule has 0 rings (SSSR count). The first-order chi connectivity index (χ1) is 6.20. The highest BCUT2D eigenvalue weighted by molar-refractivity contribution is 5.63. The number of rotatable bonds is 7. The van der Waals surface area contributed by atoms with Crippen molar-refractivity contribution in [2.45, 2.75) is 52.0 Å². The maximum Gasteiger partial charge on any atom is 0.419 e. The maximum absolute atomic E-state index is 10.2. The number of carboxylic acid groups (broad SMARTS) is 1. The number of unbranched alkanes of at least 4 members (excludes halogenated alkanes) is 2. The molecule has 13 heavy (non-hydrogen) atoms. The molecule has 0 aliphatic heterocycles. The Bertz CT molecular complexity index is 140. The van der Waals surface area contributed by atoms with Crippen LogP contribution in [0.4, 0.5) is 4.79 Å². The van der Waals surface area contributed by atoms with E-state index >= 15 is 0 Å². The largest absolute Gasteiger partial charge is 0.464 e. The zero-order chi connectivity index (χ0) is 10.1. The second kappa shape index (κ2) is 7.86. The molecule has 3 N–H and O–H groups in total. The lowest BCUT2D eigenvalue weighted by molar-refractivity contribution is 0.185. The lowest BCUT2D eigenvalue weighted by atomic mass is 10.1. The van der Waals surface area contributed by atoms with Gasteiger partial charge in [0.15, 0.2) is 0 Å². The summed E-state index contributed by atoms with van der Waals surface area (Å²) in [7, 11) is 0. The summed E-state index contributed by atoms with van der Waals surface area (Å²) in [5.74, 6) is 0. The average Bonchev–Trinajstić information content (AvgIpc) is 2.10. The second-order valence-electron chi connectivity index (χ2n) is 3.18. The minimum absolute atomic E-state index is 0.266. The van der Waals surface area contributed by atoms with Crippen molar-refractivity contribution >= 4 is 6.09 Å². The Morgan fingerprint density at radius 3 is 2.54 bits per heavy atom. The minimum atomic E-state index is -1.02. The molecule has 0 aromatic heterocycles. The highest BCUT2D eigenvalue weighted by Crippen LogP contribution is 2.05. The van der Waals surface area contributed by atoms with Gasteiger partial charge in [0.05, 0.1) is 0 Å². The van der Waals surface area contributed by atoms with Crippen LogP contribution >= 0.6 is 0 Å². The summed E-state index contributed by atoms with van der Waals surface area (Å²) in [5, 5.41) is 8.36. The molecule has 0 saturated heterocycles. The van der Waals surface area contributed by atoms with E-state index in [0.29, 0.717) is 0 Å². The molecule has 1 amide bonds. The van der Waals surface area contributed by atoms with Gasteiger partial charge >= 0.3 is 6.09 Å². The summed E-state index contributed by atoms with van der Waals surface area (Å²) >= 11 is 0. The summed E-state index contributed by atoms with van der Waals surface area (Å²) in [5.41, 5.74) is 4.97. The van der Waals surface area contributed by atoms with Gasteiger partial charge in [0, 0.05) is 6.04 Å². The number of hydrogen-bond donors (Lipinski definition) is 3. The van der Waals surface area contributed by atoms with Crippen molar-refractivity contribution in [2.24, 2.45) is 0 Å². The lowest BCUT2D eigenvalue weighted by Gasteiger charge is -2.15. The normalized spacial score (nSPS) is 12.5. The summed E-state index contributed by atoms with van der Waals surface area (Å²) in [6.45, 7) is 4.21. The molecule has 0 aromatic rings. The predicted molar refractivity (Wildman–Crippen MR) is 52.5 cm³/mol. The van der Waals surface area contributed by atoms with Gasteiger partial charge in [0.1, 0.15) is 0 Å². The molecule has 0 radical (unpaired) electrons. The fourth-order valence-corrected chi connectivity index (χ4v) is 1.18. The SMILES string of the molecule is CCCCCC(CC)NNC(=O)O. The third-order valence-corrected chi connectivity index (χ3v) is 2.03. The third-order valence-electron chi connectivity index (χ3n) is 2.03. The predicted octanol–water partition coefficient (Wildman–Crippen LogP) is 2.12. The van der Waals surface area contributed by atoms with Crippen LogP contribution in [-0.2, 0) is 0 Å². The van der Waals surface area contributed by atoms with Crippen molar-refractivity contribution in [3.05, 3.63) is 0 Å². The molecule has 0 bridgehead atoms. The van der Waals surface area contributed by atoms with E-state index in [1.165, 1.54) is 12.8 Å². The molecule has 4 nitrogen and oxygen atoms in total. The summed E-state index contributed by atoms with van der Waals surface area (Å²) in [6, 6.07) is 0.266. The molecule has 0 aliphatic rings. The smallest absolute Gasteiger partial charge is 0.419 e. The van der Waals surface area contributed by atoms with E-state index in [9.17, 15) is 4.79 Å². The topological polar surface area (TPSA) is 61.4 Å². The lowest BCUT2D eigenvalue weighted by Crippen LogP contribution is -2.43. The Labute approximate surface area is 79.7 Å². The molecule has 0 spiro atoms. The van der Waals surface area contributed by atoms with Crippen molar-refractivity contribution < 1.29 is 9.90 Å². The van der Waals surface area contributed by atoms with Crippen molar-refractivity contribution in [1.29, 1.82) is 0 Å². The van der Waals surface area contributed by atoms with Crippen LogP contribution in [0.15, 0.2) is 0 Å². The van der Waals surface area contributed by atoms with E-state index in [1.807, 2.05) is 6.92 Å². The highest BCUT2D eigenvalue weighted by Gasteiger charge is 2.05. The Morgan fingerprint density at radius 2 is 2.08 bits per heavy atom. The van der Waals surface area contributed by atoms with Crippen molar-refractivity contribution in [3.63, 3.8) is 0 Å². The fourth-order valence-electron chi connectivity index (χ4n) is 1.18. The van der Waals surface area contributed by atoms with Crippen LogP contribution in [0.1, 0.15) is 46.0 Å². The molecule has 0 heterocycles. The van der Waals surface area contributed by atoms with Gasteiger partial charge in [-0.2, -0.15) is 0 Å². The highest BCUT2D eigenvalue weighted by atomic mass is 16.4. The van der Waals surface area contributed by atoms with E-state index in [2.05, 4.69) is 17.8 Å². The third kappa shape index (κ3) is 7.59. The van der Waals surface area contributed by atoms with Crippen LogP contribution < -0.4 is 10.9 Å². The molecular formula is C9H20N2O2. The molecule has 4 heteroatoms. The van der Waals surface area contributed by atoms with Crippen molar-refractivity contribution in [1.82, 2.24) is 10.9 Å². The number of hydrogen-bond acceptors (Lipinski definition) is 2. The molecule has 1 unspecified atom stereocenters. The molecule has 0 aliphatic carbocycles. The van der Waals surface area contributed by atoms with Gasteiger partial charge in [-0.1, -0.05) is 33.1 Å². The van der Waals surface area contributed by atoms with Gasteiger partial charge < -0.3 is 5.11 Å². The summed E-state index contributed by atoms with van der Waals surface area (Å²) in [6.07, 6.45) is 4.53. The van der Waals surface area contributed by atoms with E-state index < -0.39 is 6.09 Å². The van der Waals surface area contributed by atoms with E-state index in [-0.39, 0.29) is 6.04 Å². The van der Waals surface area contributed by atoms with Crippen LogP contribution in [-0.4, -0.2) is 17.2 Å². The van der Waals surface area contributed by atoms with Crippen molar-refractivity contribution in [2.75, 3.05) is 0 Å². The molecule has 0 aromatic carbocycles. The van der Waals surface area contributed by atoms with Gasteiger partial charge in [-0.3, -0.25) is 5.43 Å². The maximum atomic E-state index is 10.2. The summed E-state index contributed by atoms with van der Waals surface area (Å²) < 4.78 is 0. The first kappa shape index (κ1) is 12.2. The number of amides is 1. The van der Waals surface area contributed by atoms with Gasteiger partial charge in [-0.25, -0.2) is 10.2 Å². The van der Waals surface area contributed by atoms with Crippen LogP contribution in [0.25, 0.3) is 0 Å². The molecule has 0 saturated carbocycles. The standard InChI is InChI=1S/C9H20N2O2/c1-3-5-6-7-8(4-2)10-11-9(12)13/h8,10-11H,3-7H2,1-2H3,(H,12,13). The second-order valence-corrected chi connectivity index (χ2v) is 3.18. The van der Waals surface area contributed by atoms with Crippen LogP contribution in [0.5, 0.6) is 0 Å². The Hall–Kier alpha value is -0.770. The van der Waals surface area contributed by atoms with Crippen molar-refractivity contribution in [3.8, 4) is 0 Å². The Balaban J connectivity index is 3.45. The van der Waals surface area contributed by atoms with Gasteiger partial charge in [0.25, 0.3) is 0 Å². The molecule has 78 valence electrons.